The maximum Gasteiger partial charge on any atom is 0.167 e. The Morgan fingerprint density at radius 2 is 0.686 bits per heavy atom. The normalized spacial score (nSPS) is 11.0. The first kappa shape index (κ1) is 39.1. The van der Waals surface area contributed by atoms with Crippen molar-refractivity contribution in [2.24, 2.45) is 0 Å². The second-order valence-electron chi connectivity index (χ2n) is 11.8. The number of nitrogens with zero attached hydrogens (tertiary/aromatic N) is 3. The van der Waals surface area contributed by atoms with Crippen molar-refractivity contribution < 1.29 is 43.7 Å². The van der Waals surface area contributed by atoms with Crippen molar-refractivity contribution in [3.8, 4) is 68.7 Å². The number of rotatable bonds is 21. The monoisotopic (exact) mass is 705 g/mol. The van der Waals surface area contributed by atoms with Crippen LogP contribution >= 0.6 is 0 Å². The van der Waals surface area contributed by atoms with Gasteiger partial charge in [-0.25, -0.2) is 15.0 Å². The molecule has 3 aromatic carbocycles. The summed E-state index contributed by atoms with van der Waals surface area (Å²) in [6, 6.07) is 11.1. The van der Waals surface area contributed by atoms with E-state index < -0.39 is 0 Å². The van der Waals surface area contributed by atoms with Crippen molar-refractivity contribution in [2.75, 3.05) is 59.5 Å². The number of aromatic nitrogens is 3. The highest BCUT2D eigenvalue weighted by atomic mass is 16.5. The molecule has 0 aliphatic heterocycles. The zero-order valence-electron chi connectivity index (χ0n) is 30.6. The third kappa shape index (κ3) is 9.57. The first-order valence-electron chi connectivity index (χ1n) is 17.6. The van der Waals surface area contributed by atoms with E-state index in [0.29, 0.717) is 88.5 Å². The van der Waals surface area contributed by atoms with E-state index in [-0.39, 0.29) is 39.6 Å². The van der Waals surface area contributed by atoms with Crippen LogP contribution < -0.4 is 28.4 Å². The van der Waals surface area contributed by atoms with Gasteiger partial charge in [-0.1, -0.05) is 20.8 Å². The summed E-state index contributed by atoms with van der Waals surface area (Å²) < 4.78 is 36.3. The fraction of sp³-hybridized carbons (Fsp3) is 0.462. The van der Waals surface area contributed by atoms with Crippen LogP contribution in [0.1, 0.15) is 56.7 Å². The van der Waals surface area contributed by atoms with Crippen LogP contribution in [0.5, 0.6) is 34.5 Å². The Hall–Kier alpha value is -4.65. The molecular formula is C39H51N3O9. The Morgan fingerprint density at radius 1 is 0.412 bits per heavy atom. The topological polar surface area (TPSA) is 155 Å². The zero-order valence-corrected chi connectivity index (χ0v) is 30.6. The smallest absolute Gasteiger partial charge is 0.167 e. The number of hydrogen-bond donors (Lipinski definition) is 3. The van der Waals surface area contributed by atoms with E-state index in [9.17, 15) is 15.3 Å². The number of hydrogen-bond acceptors (Lipinski definition) is 12. The van der Waals surface area contributed by atoms with Crippen LogP contribution in [-0.2, 0) is 0 Å². The van der Waals surface area contributed by atoms with E-state index in [4.69, 9.17) is 43.4 Å². The van der Waals surface area contributed by atoms with Crippen LogP contribution in [0.3, 0.4) is 0 Å². The molecule has 0 amide bonds. The maximum atomic E-state index is 9.70. The molecule has 0 saturated heterocycles. The Bertz CT molecular complexity index is 1520. The van der Waals surface area contributed by atoms with Crippen LogP contribution in [0, 0.1) is 20.8 Å². The summed E-state index contributed by atoms with van der Waals surface area (Å²) in [7, 11) is 0. The highest BCUT2D eigenvalue weighted by Crippen LogP contribution is 2.43. The van der Waals surface area contributed by atoms with Gasteiger partial charge in [0.05, 0.1) is 56.3 Å². The van der Waals surface area contributed by atoms with E-state index in [1.807, 2.05) is 77.9 Å². The van der Waals surface area contributed by atoms with Gasteiger partial charge in [-0.2, -0.15) is 0 Å². The molecule has 0 fully saturated rings. The molecule has 0 atom stereocenters. The highest BCUT2D eigenvalue weighted by Gasteiger charge is 2.24. The molecule has 4 rings (SSSR count). The minimum absolute atomic E-state index is 0.0466. The summed E-state index contributed by atoms with van der Waals surface area (Å²) in [4.78, 5) is 14.9. The molecule has 0 bridgehead atoms. The largest absolute Gasteiger partial charge is 0.493 e. The summed E-state index contributed by atoms with van der Waals surface area (Å²) in [6.45, 7) is 12.9. The predicted octanol–water partition coefficient (Wildman–Crippen LogP) is 6.28. The number of aliphatic hydroxyl groups excluding tert-OH is 3. The summed E-state index contributed by atoms with van der Waals surface area (Å²) in [6.07, 6.45) is 2.50. The van der Waals surface area contributed by atoms with E-state index in [2.05, 4.69) is 0 Å². The van der Waals surface area contributed by atoms with Crippen molar-refractivity contribution >= 4 is 0 Å². The Labute approximate surface area is 300 Å². The molecule has 3 N–H and O–H groups in total. The molecule has 0 spiro atoms. The molecule has 0 unspecified atom stereocenters. The molecule has 0 saturated carbocycles. The number of ether oxygens (including phenoxy) is 6. The van der Waals surface area contributed by atoms with Crippen LogP contribution in [0.15, 0.2) is 36.4 Å². The Balaban J connectivity index is 2.05. The summed E-state index contributed by atoms with van der Waals surface area (Å²) in [5.41, 5.74) is 3.88. The maximum absolute atomic E-state index is 9.70. The van der Waals surface area contributed by atoms with Gasteiger partial charge in [-0.3, -0.25) is 0 Å². The van der Waals surface area contributed by atoms with E-state index in [1.165, 1.54) is 0 Å². The molecule has 1 heterocycles. The number of benzene rings is 3. The number of aliphatic hydroxyl groups is 3. The van der Waals surface area contributed by atoms with E-state index in [0.717, 1.165) is 36.0 Å². The molecule has 1 aromatic heterocycles. The van der Waals surface area contributed by atoms with Gasteiger partial charge >= 0.3 is 0 Å². The molecular weight excluding hydrogens is 654 g/mol. The molecule has 0 aliphatic carbocycles. The lowest BCUT2D eigenvalue weighted by atomic mass is 10.0. The molecule has 51 heavy (non-hydrogen) atoms. The fourth-order valence-electron chi connectivity index (χ4n) is 5.39. The fourth-order valence-corrected chi connectivity index (χ4v) is 5.39. The lowest BCUT2D eigenvalue weighted by molar-refractivity contribution is 0.200. The molecule has 12 nitrogen and oxygen atoms in total. The second kappa shape index (κ2) is 19.7. The third-order valence-corrected chi connectivity index (χ3v) is 7.82. The summed E-state index contributed by atoms with van der Waals surface area (Å²) in [5.74, 6) is 4.23. The molecule has 276 valence electrons. The van der Waals surface area contributed by atoms with E-state index in [1.54, 1.807) is 0 Å². The molecule has 0 radical (unpaired) electrons. The lowest BCUT2D eigenvalue weighted by Gasteiger charge is -2.20. The van der Waals surface area contributed by atoms with Gasteiger partial charge in [-0.15, -0.1) is 0 Å². The summed E-state index contributed by atoms with van der Waals surface area (Å²) >= 11 is 0. The minimum atomic E-state index is -0.193. The van der Waals surface area contributed by atoms with Gasteiger partial charge in [0.25, 0.3) is 0 Å². The SMILES string of the molecule is CCCOc1ccc(-c2nc(-c3ccc(OCCC)c(C)c3OCCO)nc(-c3ccc(OCCC)c(C)c3OCCO)n2)c(OCCO)c1C. The van der Waals surface area contributed by atoms with Gasteiger partial charge in [-0.05, 0) is 76.4 Å². The van der Waals surface area contributed by atoms with Gasteiger partial charge in [0.2, 0.25) is 0 Å². The predicted molar refractivity (Wildman–Crippen MR) is 195 cm³/mol. The van der Waals surface area contributed by atoms with Crippen molar-refractivity contribution in [1.82, 2.24) is 15.0 Å². The minimum Gasteiger partial charge on any atom is -0.493 e. The average molecular weight is 706 g/mol. The van der Waals surface area contributed by atoms with E-state index >= 15 is 0 Å². The zero-order chi connectivity index (χ0) is 36.8. The Morgan fingerprint density at radius 3 is 0.922 bits per heavy atom. The van der Waals surface area contributed by atoms with Crippen molar-refractivity contribution in [2.45, 2.75) is 60.8 Å². The first-order valence-corrected chi connectivity index (χ1v) is 17.6. The van der Waals surface area contributed by atoms with Crippen LogP contribution in [0.4, 0.5) is 0 Å². The van der Waals surface area contributed by atoms with Gasteiger partial charge in [0.1, 0.15) is 54.3 Å². The first-order chi connectivity index (χ1) is 24.8. The highest BCUT2D eigenvalue weighted by molar-refractivity contribution is 5.77. The second-order valence-corrected chi connectivity index (χ2v) is 11.8. The average Bonchev–Trinajstić information content (AvgIpc) is 3.14. The molecule has 0 aliphatic rings. The van der Waals surface area contributed by atoms with Crippen LogP contribution in [-0.4, -0.2) is 89.7 Å². The molecule has 12 heteroatoms. The van der Waals surface area contributed by atoms with Crippen molar-refractivity contribution in [3.05, 3.63) is 53.1 Å². The third-order valence-electron chi connectivity index (χ3n) is 7.82. The van der Waals surface area contributed by atoms with Crippen LogP contribution in [0.2, 0.25) is 0 Å². The summed E-state index contributed by atoms with van der Waals surface area (Å²) in [5, 5.41) is 29.1. The quantitative estimate of drug-likeness (QED) is 0.0894. The standard InChI is InChI=1S/C39H51N3O9/c1-7-19-46-31-13-10-28(34(25(31)4)49-22-16-43)37-40-38(29-11-14-32(47-20-8-2)26(5)35(29)50-23-17-44)42-39(41-37)30-12-15-33(48-21-9-3)27(6)36(30)51-24-18-45/h10-15,43-45H,7-9,16-24H2,1-6H3. The Kier molecular flexibility index (Phi) is 15.1. The van der Waals surface area contributed by atoms with Gasteiger partial charge in [0, 0.05) is 16.7 Å². The lowest BCUT2D eigenvalue weighted by Crippen LogP contribution is -2.10. The van der Waals surface area contributed by atoms with Gasteiger partial charge < -0.3 is 43.7 Å². The van der Waals surface area contributed by atoms with Crippen molar-refractivity contribution in [1.29, 1.82) is 0 Å². The van der Waals surface area contributed by atoms with Crippen LogP contribution in [0.25, 0.3) is 34.2 Å². The van der Waals surface area contributed by atoms with Crippen molar-refractivity contribution in [3.63, 3.8) is 0 Å². The molecule has 4 aromatic rings. The van der Waals surface area contributed by atoms with Gasteiger partial charge in [0.15, 0.2) is 17.5 Å².